The van der Waals surface area contributed by atoms with Crippen molar-refractivity contribution in [3.8, 4) is 0 Å². The molecular formula is C8H10N2O3. The molecule has 0 spiro atoms. The first-order valence-corrected chi connectivity index (χ1v) is 4.10. The van der Waals surface area contributed by atoms with E-state index in [2.05, 4.69) is 9.97 Å². The van der Waals surface area contributed by atoms with Gasteiger partial charge in [-0.25, -0.2) is 4.98 Å². The van der Waals surface area contributed by atoms with Crippen molar-refractivity contribution in [2.24, 2.45) is 5.92 Å². The average molecular weight is 182 g/mol. The van der Waals surface area contributed by atoms with Crippen LogP contribution in [0.15, 0.2) is 12.5 Å². The molecule has 2 atom stereocenters. The van der Waals surface area contributed by atoms with E-state index < -0.39 is 12.0 Å². The summed E-state index contributed by atoms with van der Waals surface area (Å²) in [5, 5.41) is 9.37. The minimum absolute atomic E-state index is 0.105. The number of ether oxygens (including phenoxy) is 1. The van der Waals surface area contributed by atoms with Crippen LogP contribution in [0.25, 0.3) is 0 Å². The highest BCUT2D eigenvalue weighted by molar-refractivity contribution is 5.75. The van der Waals surface area contributed by atoms with E-state index in [0.29, 0.717) is 6.42 Å². The fourth-order valence-electron chi connectivity index (χ4n) is 1.40. The van der Waals surface area contributed by atoms with Gasteiger partial charge in [-0.1, -0.05) is 0 Å². The molecule has 2 heterocycles. The molecular weight excluding hydrogens is 172 g/mol. The van der Waals surface area contributed by atoms with Gasteiger partial charge < -0.3 is 14.8 Å². The summed E-state index contributed by atoms with van der Waals surface area (Å²) >= 11 is 0. The van der Waals surface area contributed by atoms with E-state index >= 15 is 0 Å². The largest absolute Gasteiger partial charge is 0.463 e. The molecule has 1 aliphatic rings. The Kier molecular flexibility index (Phi) is 2.02. The number of carbonyl (C=O) groups is 1. The molecule has 5 heteroatoms. The number of esters is 1. The van der Waals surface area contributed by atoms with Gasteiger partial charge in [0.25, 0.3) is 0 Å². The Morgan fingerprint density at radius 3 is 3.15 bits per heavy atom. The van der Waals surface area contributed by atoms with E-state index in [4.69, 9.17) is 4.74 Å². The quantitative estimate of drug-likeness (QED) is 0.604. The highest BCUT2D eigenvalue weighted by atomic mass is 16.6. The van der Waals surface area contributed by atoms with Crippen molar-refractivity contribution >= 4 is 5.97 Å². The van der Waals surface area contributed by atoms with Gasteiger partial charge in [0.15, 0.2) is 0 Å². The van der Waals surface area contributed by atoms with E-state index in [1.165, 1.54) is 0 Å². The Balaban J connectivity index is 2.05. The molecule has 0 radical (unpaired) electrons. The van der Waals surface area contributed by atoms with Gasteiger partial charge in [0.05, 0.1) is 17.9 Å². The van der Waals surface area contributed by atoms with E-state index in [1.54, 1.807) is 12.5 Å². The lowest BCUT2D eigenvalue weighted by atomic mass is 10.00. The second-order valence-electron chi connectivity index (χ2n) is 3.07. The Hall–Kier alpha value is -1.36. The molecule has 0 aliphatic carbocycles. The second kappa shape index (κ2) is 3.18. The summed E-state index contributed by atoms with van der Waals surface area (Å²) in [5.41, 5.74) is 0.767. The number of aromatic nitrogens is 2. The fourth-order valence-corrected chi connectivity index (χ4v) is 1.40. The minimum Gasteiger partial charge on any atom is -0.463 e. The number of nitrogens with zero attached hydrogens (tertiary/aromatic N) is 1. The first-order valence-electron chi connectivity index (χ1n) is 4.10. The highest BCUT2D eigenvalue weighted by Gasteiger charge is 2.35. The molecule has 2 unspecified atom stereocenters. The van der Waals surface area contributed by atoms with Gasteiger partial charge in [0.1, 0.15) is 12.7 Å². The van der Waals surface area contributed by atoms with Crippen molar-refractivity contribution in [1.29, 1.82) is 0 Å². The van der Waals surface area contributed by atoms with Crippen LogP contribution in [0.5, 0.6) is 0 Å². The topological polar surface area (TPSA) is 75.2 Å². The maximum Gasteiger partial charge on any atom is 0.312 e. The summed E-state index contributed by atoms with van der Waals surface area (Å²) in [6.07, 6.45) is 2.99. The van der Waals surface area contributed by atoms with Gasteiger partial charge in [0, 0.05) is 12.6 Å². The second-order valence-corrected chi connectivity index (χ2v) is 3.07. The Morgan fingerprint density at radius 2 is 2.62 bits per heavy atom. The van der Waals surface area contributed by atoms with E-state index in [-0.39, 0.29) is 12.6 Å². The molecule has 0 bridgehead atoms. The molecule has 13 heavy (non-hydrogen) atoms. The molecule has 0 aromatic carbocycles. The zero-order valence-corrected chi connectivity index (χ0v) is 6.93. The van der Waals surface area contributed by atoms with Gasteiger partial charge in [-0.15, -0.1) is 0 Å². The average Bonchev–Trinajstić information content (AvgIpc) is 2.70. The molecule has 70 valence electrons. The number of carbonyl (C=O) groups excluding carboxylic acids is 1. The van der Waals surface area contributed by atoms with E-state index in [9.17, 15) is 9.90 Å². The summed E-state index contributed by atoms with van der Waals surface area (Å²) in [6, 6.07) is 0. The molecule has 1 fully saturated rings. The SMILES string of the molecule is O=C1OCC(O)C1Cc1c[nH]cn1. The molecule has 0 amide bonds. The smallest absolute Gasteiger partial charge is 0.312 e. The molecule has 5 nitrogen and oxygen atoms in total. The molecule has 1 aliphatic heterocycles. The van der Waals surface area contributed by atoms with Gasteiger partial charge >= 0.3 is 5.97 Å². The Morgan fingerprint density at radius 1 is 1.77 bits per heavy atom. The van der Waals surface area contributed by atoms with Crippen molar-refractivity contribution < 1.29 is 14.6 Å². The number of nitrogens with one attached hydrogen (secondary N) is 1. The summed E-state index contributed by atoms with van der Waals surface area (Å²) < 4.78 is 4.70. The van der Waals surface area contributed by atoms with Crippen LogP contribution in [0, 0.1) is 5.92 Å². The summed E-state index contributed by atoms with van der Waals surface area (Å²) in [4.78, 5) is 17.9. The molecule has 0 saturated carbocycles. The zero-order valence-electron chi connectivity index (χ0n) is 6.93. The third kappa shape index (κ3) is 1.55. The van der Waals surface area contributed by atoms with Gasteiger partial charge in [-0.05, 0) is 0 Å². The number of imidazole rings is 1. The minimum atomic E-state index is -0.691. The predicted octanol–water partition coefficient (Wildman–Crippen LogP) is -0.514. The lowest BCUT2D eigenvalue weighted by Crippen LogP contribution is -2.22. The van der Waals surface area contributed by atoms with Crippen LogP contribution >= 0.6 is 0 Å². The molecule has 2 rings (SSSR count). The Bertz CT molecular complexity index is 296. The van der Waals surface area contributed by atoms with E-state index in [1.807, 2.05) is 0 Å². The number of H-pyrrole nitrogens is 1. The summed E-state index contributed by atoms with van der Waals surface area (Å²) in [5.74, 6) is -0.793. The molecule has 2 N–H and O–H groups in total. The first kappa shape index (κ1) is 8.25. The van der Waals surface area contributed by atoms with Crippen LogP contribution in [0.4, 0.5) is 0 Å². The third-order valence-corrected chi connectivity index (χ3v) is 2.15. The third-order valence-electron chi connectivity index (χ3n) is 2.15. The monoisotopic (exact) mass is 182 g/mol. The van der Waals surface area contributed by atoms with Crippen LogP contribution in [0.1, 0.15) is 5.69 Å². The lowest BCUT2D eigenvalue weighted by molar-refractivity contribution is -0.141. The lowest BCUT2D eigenvalue weighted by Gasteiger charge is -2.06. The number of hydrogen-bond acceptors (Lipinski definition) is 4. The van der Waals surface area contributed by atoms with Crippen molar-refractivity contribution in [1.82, 2.24) is 9.97 Å². The number of aromatic amines is 1. The van der Waals surface area contributed by atoms with Gasteiger partial charge in [0.2, 0.25) is 0 Å². The number of aliphatic hydroxyl groups is 1. The van der Waals surface area contributed by atoms with Crippen LogP contribution in [0.3, 0.4) is 0 Å². The molecule has 1 saturated heterocycles. The molecule has 1 aromatic rings. The van der Waals surface area contributed by atoms with Gasteiger partial charge in [-0.3, -0.25) is 4.79 Å². The van der Waals surface area contributed by atoms with Crippen molar-refractivity contribution in [3.05, 3.63) is 18.2 Å². The van der Waals surface area contributed by atoms with Crippen LogP contribution in [0.2, 0.25) is 0 Å². The number of aliphatic hydroxyl groups excluding tert-OH is 1. The van der Waals surface area contributed by atoms with Gasteiger partial charge in [-0.2, -0.15) is 0 Å². The molecule has 1 aromatic heterocycles. The normalized spacial score (nSPS) is 27.6. The van der Waals surface area contributed by atoms with E-state index in [0.717, 1.165) is 5.69 Å². The maximum absolute atomic E-state index is 11.1. The van der Waals surface area contributed by atoms with Crippen molar-refractivity contribution in [2.45, 2.75) is 12.5 Å². The Labute approximate surface area is 74.7 Å². The summed E-state index contributed by atoms with van der Waals surface area (Å²) in [7, 11) is 0. The van der Waals surface area contributed by atoms with Crippen LogP contribution in [-0.2, 0) is 16.0 Å². The van der Waals surface area contributed by atoms with Crippen LogP contribution < -0.4 is 0 Å². The predicted molar refractivity (Wildman–Crippen MR) is 42.7 cm³/mol. The van der Waals surface area contributed by atoms with Crippen molar-refractivity contribution in [2.75, 3.05) is 6.61 Å². The number of hydrogen-bond donors (Lipinski definition) is 2. The number of rotatable bonds is 2. The van der Waals surface area contributed by atoms with Crippen LogP contribution in [-0.4, -0.2) is 33.8 Å². The summed E-state index contributed by atoms with van der Waals surface area (Å²) in [6.45, 7) is 0.105. The van der Waals surface area contributed by atoms with Crippen molar-refractivity contribution in [3.63, 3.8) is 0 Å². The number of cyclic esters (lactones) is 1. The fraction of sp³-hybridized carbons (Fsp3) is 0.500. The first-order chi connectivity index (χ1) is 6.27. The highest BCUT2D eigenvalue weighted by Crippen LogP contribution is 2.19. The maximum atomic E-state index is 11.1. The zero-order chi connectivity index (χ0) is 9.26. The standard InChI is InChI=1S/C8H10N2O3/c11-7-3-13-8(12)6(7)1-5-2-9-4-10-5/h2,4,6-7,11H,1,3H2,(H,9,10).